The van der Waals surface area contributed by atoms with Gasteiger partial charge in [-0.05, 0) is 50.0 Å². The van der Waals surface area contributed by atoms with Crippen molar-refractivity contribution >= 4 is 11.8 Å². The second-order valence-electron chi connectivity index (χ2n) is 8.55. The molecule has 0 atom stereocenters. The first kappa shape index (κ1) is 25.4. The number of halogens is 1. The van der Waals surface area contributed by atoms with Crippen molar-refractivity contribution in [2.24, 2.45) is 0 Å². The first-order valence-corrected chi connectivity index (χ1v) is 11.7. The van der Waals surface area contributed by atoms with Crippen molar-refractivity contribution in [3.05, 3.63) is 66.6 Å². The van der Waals surface area contributed by atoms with Crippen LogP contribution in [0.15, 0.2) is 55.0 Å². The van der Waals surface area contributed by atoms with Gasteiger partial charge < -0.3 is 20.1 Å². The third-order valence-electron chi connectivity index (χ3n) is 5.89. The van der Waals surface area contributed by atoms with Crippen LogP contribution in [0.1, 0.15) is 56.5 Å². The van der Waals surface area contributed by atoms with Gasteiger partial charge >= 0.3 is 5.97 Å². The Balaban J connectivity index is 1.93. The molecule has 0 aliphatic heterocycles. The number of anilines is 1. The Morgan fingerprint density at radius 3 is 2.76 bits per heavy atom. The van der Waals surface area contributed by atoms with Gasteiger partial charge in [0.2, 0.25) is 0 Å². The van der Waals surface area contributed by atoms with Crippen molar-refractivity contribution in [2.45, 2.75) is 63.5 Å². The minimum absolute atomic E-state index is 0.176. The molecule has 0 radical (unpaired) electrons. The van der Waals surface area contributed by atoms with Crippen LogP contribution in [0.25, 0.3) is 11.3 Å². The summed E-state index contributed by atoms with van der Waals surface area (Å²) in [7, 11) is 1.80. The second kappa shape index (κ2) is 11.7. The number of hydrogen-bond donors (Lipinski definition) is 3. The molecule has 0 unspecified atom stereocenters. The van der Waals surface area contributed by atoms with Gasteiger partial charge in [0.1, 0.15) is 23.1 Å². The van der Waals surface area contributed by atoms with Crippen molar-refractivity contribution in [1.82, 2.24) is 14.5 Å². The first-order valence-electron chi connectivity index (χ1n) is 11.7. The van der Waals surface area contributed by atoms with Crippen molar-refractivity contribution in [3.8, 4) is 11.3 Å². The smallest absolute Gasteiger partial charge is 0.303 e. The number of imidazole rings is 1. The highest BCUT2D eigenvalue weighted by Gasteiger charge is 2.47. The Bertz CT molecular complexity index is 1070. The fourth-order valence-electron chi connectivity index (χ4n) is 3.93. The monoisotopic (exact) mass is 468 g/mol. The minimum atomic E-state index is -0.938. The van der Waals surface area contributed by atoms with Gasteiger partial charge in [-0.2, -0.15) is 0 Å². The molecule has 0 saturated heterocycles. The number of carbonyl (C=O) groups is 1. The van der Waals surface area contributed by atoms with Gasteiger partial charge in [0, 0.05) is 43.9 Å². The summed E-state index contributed by atoms with van der Waals surface area (Å²) in [4.78, 5) is 19.9. The van der Waals surface area contributed by atoms with E-state index in [0.29, 0.717) is 43.9 Å². The normalized spacial score (nSPS) is 15.0. The number of pyridine rings is 1. The summed E-state index contributed by atoms with van der Waals surface area (Å²) >= 11 is 0. The number of unbranched alkanes of at least 4 members (excludes halogenated alkanes) is 3. The van der Waals surface area contributed by atoms with E-state index in [1.54, 1.807) is 19.3 Å². The van der Waals surface area contributed by atoms with Gasteiger partial charge in [-0.25, -0.2) is 14.4 Å². The molecule has 0 aromatic carbocycles. The van der Waals surface area contributed by atoms with Gasteiger partial charge in [-0.1, -0.05) is 31.6 Å². The molecular weight excluding hydrogens is 435 g/mol. The van der Waals surface area contributed by atoms with E-state index in [-0.39, 0.29) is 12.2 Å². The van der Waals surface area contributed by atoms with Crippen LogP contribution < -0.4 is 5.32 Å². The van der Waals surface area contributed by atoms with E-state index in [9.17, 15) is 14.3 Å². The van der Waals surface area contributed by atoms with Crippen molar-refractivity contribution in [1.29, 1.82) is 0 Å². The number of aromatic nitrogens is 3. The molecule has 8 heteroatoms. The average Bonchev–Trinajstić information content (AvgIpc) is 3.46. The number of aliphatic carboxylic acids is 1. The number of nitrogens with zero attached hydrogens (tertiary/aromatic N) is 3. The third kappa shape index (κ3) is 6.63. The Morgan fingerprint density at radius 1 is 1.32 bits per heavy atom. The largest absolute Gasteiger partial charge is 0.481 e. The van der Waals surface area contributed by atoms with Crippen LogP contribution in [-0.2, 0) is 23.4 Å². The predicted molar refractivity (Wildman–Crippen MR) is 131 cm³/mol. The SMILES string of the molecule is C=C/C=C(F)\C=C/Cc1c(-c2ccnc(NC)c2)nc(C2(O)CC2)n1CCCCCCC(=O)O. The Morgan fingerprint density at radius 2 is 2.09 bits per heavy atom. The standard InChI is InChI=1S/C26H33FN4O3/c1-3-9-20(27)10-8-11-21-24(19-13-16-29-22(18-19)28-2)30-25(26(34)14-15-26)31(21)17-7-5-4-6-12-23(32)33/h3,8-10,13,16,18,34H,1,4-7,11-12,14-15,17H2,2H3,(H,28,29)(H,32,33)/b10-8-,20-9+. The number of carboxylic acids is 1. The highest BCUT2D eigenvalue weighted by atomic mass is 19.1. The molecule has 2 aromatic heterocycles. The fourth-order valence-corrected chi connectivity index (χ4v) is 3.93. The molecule has 2 aromatic rings. The summed E-state index contributed by atoms with van der Waals surface area (Å²) in [5.74, 6) is 0.186. The molecule has 7 nitrogen and oxygen atoms in total. The lowest BCUT2D eigenvalue weighted by Crippen LogP contribution is -2.16. The molecule has 0 spiro atoms. The molecule has 3 rings (SSSR count). The summed E-state index contributed by atoms with van der Waals surface area (Å²) < 4.78 is 16.0. The Labute approximate surface area is 199 Å². The lowest BCUT2D eigenvalue weighted by molar-refractivity contribution is -0.137. The number of allylic oxidation sites excluding steroid dienone is 5. The minimum Gasteiger partial charge on any atom is -0.481 e. The molecule has 1 saturated carbocycles. The predicted octanol–water partition coefficient (Wildman–Crippen LogP) is 5.14. The average molecular weight is 469 g/mol. The van der Waals surface area contributed by atoms with Crippen molar-refractivity contribution in [3.63, 3.8) is 0 Å². The Kier molecular flexibility index (Phi) is 8.76. The van der Waals surface area contributed by atoms with Crippen LogP contribution in [0.4, 0.5) is 10.2 Å². The number of carboxylic acid groups (broad SMARTS) is 1. The zero-order valence-corrected chi connectivity index (χ0v) is 19.6. The third-order valence-corrected chi connectivity index (χ3v) is 5.89. The number of hydrogen-bond acceptors (Lipinski definition) is 5. The maximum Gasteiger partial charge on any atom is 0.303 e. The lowest BCUT2D eigenvalue weighted by atomic mass is 10.1. The van der Waals surface area contributed by atoms with Crippen LogP contribution >= 0.6 is 0 Å². The van der Waals surface area contributed by atoms with Crippen LogP contribution in [0.3, 0.4) is 0 Å². The van der Waals surface area contributed by atoms with Crippen molar-refractivity contribution < 1.29 is 19.4 Å². The van der Waals surface area contributed by atoms with E-state index in [4.69, 9.17) is 10.1 Å². The van der Waals surface area contributed by atoms with Crippen molar-refractivity contribution in [2.75, 3.05) is 12.4 Å². The zero-order valence-electron chi connectivity index (χ0n) is 19.6. The lowest BCUT2D eigenvalue weighted by Gasteiger charge is -2.15. The molecule has 182 valence electrons. The molecule has 1 aliphatic carbocycles. The molecule has 0 bridgehead atoms. The molecule has 1 fully saturated rings. The summed E-state index contributed by atoms with van der Waals surface area (Å²) in [6.07, 6.45) is 12.7. The quantitative estimate of drug-likeness (QED) is 0.262. The molecule has 1 aliphatic rings. The van der Waals surface area contributed by atoms with E-state index < -0.39 is 11.6 Å². The van der Waals surface area contributed by atoms with Gasteiger partial charge in [0.05, 0.1) is 5.69 Å². The van der Waals surface area contributed by atoms with E-state index in [1.807, 2.05) is 12.1 Å². The van der Waals surface area contributed by atoms with Gasteiger partial charge in [-0.15, -0.1) is 0 Å². The van der Waals surface area contributed by atoms with Gasteiger partial charge in [0.15, 0.2) is 0 Å². The van der Waals surface area contributed by atoms with E-state index >= 15 is 0 Å². The summed E-state index contributed by atoms with van der Waals surface area (Å²) in [6.45, 7) is 4.17. The Hall–Kier alpha value is -3.26. The summed E-state index contributed by atoms with van der Waals surface area (Å²) in [5, 5.41) is 22.8. The molecule has 0 amide bonds. The molecule has 34 heavy (non-hydrogen) atoms. The topological polar surface area (TPSA) is 100 Å². The number of nitrogens with one attached hydrogen (secondary N) is 1. The molecular formula is C26H33FN4O3. The maximum atomic E-state index is 13.9. The summed E-state index contributed by atoms with van der Waals surface area (Å²) in [6, 6.07) is 3.79. The summed E-state index contributed by atoms with van der Waals surface area (Å²) in [5.41, 5.74) is 1.58. The van der Waals surface area contributed by atoms with E-state index in [2.05, 4.69) is 21.4 Å². The highest BCUT2D eigenvalue weighted by Crippen LogP contribution is 2.46. The van der Waals surface area contributed by atoms with E-state index in [1.165, 1.54) is 18.2 Å². The van der Waals surface area contributed by atoms with Gasteiger partial charge in [0.25, 0.3) is 0 Å². The van der Waals surface area contributed by atoms with Gasteiger partial charge in [-0.3, -0.25) is 4.79 Å². The van der Waals surface area contributed by atoms with Crippen LogP contribution in [0.2, 0.25) is 0 Å². The number of rotatable bonds is 14. The second-order valence-corrected chi connectivity index (χ2v) is 8.55. The fraction of sp³-hybridized carbons (Fsp3) is 0.423. The van der Waals surface area contributed by atoms with Crippen LogP contribution in [0.5, 0.6) is 0 Å². The first-order chi connectivity index (χ1) is 16.4. The molecule has 2 heterocycles. The maximum absolute atomic E-state index is 13.9. The van der Waals surface area contributed by atoms with Crippen LogP contribution in [-0.4, -0.2) is 37.8 Å². The zero-order chi connectivity index (χ0) is 24.6. The highest BCUT2D eigenvalue weighted by molar-refractivity contribution is 5.67. The molecule has 3 N–H and O–H groups in total. The van der Waals surface area contributed by atoms with Crippen LogP contribution in [0, 0.1) is 0 Å². The van der Waals surface area contributed by atoms with E-state index in [0.717, 1.165) is 36.2 Å². The number of aliphatic hydroxyl groups is 1.